The lowest BCUT2D eigenvalue weighted by atomic mass is 9.78. The normalized spacial score (nSPS) is 16.4. The number of halogens is 1. The van der Waals surface area contributed by atoms with Crippen molar-refractivity contribution in [2.45, 2.75) is 38.6 Å². The standard InChI is InChI=1S/C14H20N2O.ClH/c1-10-6-11(2)8-12(7-10)13(17)16-9-14(15)4-3-5-14;/h6-8H,3-5,9,15H2,1-2H3,(H,16,17);1H. The molecule has 1 aliphatic carbocycles. The Morgan fingerprint density at radius 3 is 2.28 bits per heavy atom. The van der Waals surface area contributed by atoms with Crippen molar-refractivity contribution in [3.8, 4) is 0 Å². The topological polar surface area (TPSA) is 55.1 Å². The number of hydrogen-bond acceptors (Lipinski definition) is 2. The highest BCUT2D eigenvalue weighted by atomic mass is 35.5. The van der Waals surface area contributed by atoms with Crippen LogP contribution in [0, 0.1) is 13.8 Å². The van der Waals surface area contributed by atoms with Gasteiger partial charge in [-0.3, -0.25) is 4.79 Å². The van der Waals surface area contributed by atoms with Crippen molar-refractivity contribution < 1.29 is 4.79 Å². The summed E-state index contributed by atoms with van der Waals surface area (Å²) < 4.78 is 0. The van der Waals surface area contributed by atoms with Gasteiger partial charge in [-0.25, -0.2) is 0 Å². The van der Waals surface area contributed by atoms with E-state index in [4.69, 9.17) is 5.73 Å². The highest BCUT2D eigenvalue weighted by Gasteiger charge is 2.32. The van der Waals surface area contributed by atoms with Crippen LogP contribution in [-0.4, -0.2) is 18.0 Å². The van der Waals surface area contributed by atoms with Crippen LogP contribution in [0.4, 0.5) is 0 Å². The van der Waals surface area contributed by atoms with Crippen LogP contribution in [0.25, 0.3) is 0 Å². The highest BCUT2D eigenvalue weighted by molar-refractivity contribution is 5.94. The summed E-state index contributed by atoms with van der Waals surface area (Å²) in [6.07, 6.45) is 3.20. The Bertz CT molecular complexity index is 421. The number of carbonyl (C=O) groups excluding carboxylic acids is 1. The molecule has 0 spiro atoms. The zero-order chi connectivity index (χ0) is 12.5. The number of benzene rings is 1. The van der Waals surface area contributed by atoms with E-state index in [-0.39, 0.29) is 23.9 Å². The molecule has 1 aromatic rings. The van der Waals surface area contributed by atoms with Crippen LogP contribution in [0.15, 0.2) is 18.2 Å². The zero-order valence-electron chi connectivity index (χ0n) is 11.0. The molecule has 1 fully saturated rings. The summed E-state index contributed by atoms with van der Waals surface area (Å²) in [6.45, 7) is 4.58. The van der Waals surface area contributed by atoms with Crippen molar-refractivity contribution >= 4 is 18.3 Å². The second kappa shape index (κ2) is 5.72. The predicted molar refractivity (Wildman–Crippen MR) is 76.3 cm³/mol. The number of hydrogen-bond donors (Lipinski definition) is 2. The average molecular weight is 269 g/mol. The Kier molecular flexibility index (Phi) is 4.77. The molecule has 2 rings (SSSR count). The number of rotatable bonds is 3. The van der Waals surface area contributed by atoms with Gasteiger partial charge in [-0.2, -0.15) is 0 Å². The SMILES string of the molecule is Cc1cc(C)cc(C(=O)NCC2(N)CCC2)c1.Cl. The molecule has 0 unspecified atom stereocenters. The van der Waals surface area contributed by atoms with Crippen LogP contribution in [0.3, 0.4) is 0 Å². The third-order valence-electron chi connectivity index (χ3n) is 3.43. The fraction of sp³-hybridized carbons (Fsp3) is 0.500. The number of aryl methyl sites for hydroxylation is 2. The van der Waals surface area contributed by atoms with Crippen LogP contribution < -0.4 is 11.1 Å². The van der Waals surface area contributed by atoms with Gasteiger partial charge in [0.15, 0.2) is 0 Å². The average Bonchev–Trinajstić information content (AvgIpc) is 2.22. The molecule has 100 valence electrons. The van der Waals surface area contributed by atoms with Gasteiger partial charge in [0.1, 0.15) is 0 Å². The van der Waals surface area contributed by atoms with Gasteiger partial charge in [-0.05, 0) is 45.2 Å². The van der Waals surface area contributed by atoms with Gasteiger partial charge < -0.3 is 11.1 Å². The quantitative estimate of drug-likeness (QED) is 0.884. The fourth-order valence-corrected chi connectivity index (χ4v) is 2.27. The first-order chi connectivity index (χ1) is 7.98. The van der Waals surface area contributed by atoms with Crippen molar-refractivity contribution in [2.24, 2.45) is 5.73 Å². The maximum Gasteiger partial charge on any atom is 0.251 e. The van der Waals surface area contributed by atoms with Crippen molar-refractivity contribution in [3.05, 3.63) is 34.9 Å². The van der Waals surface area contributed by atoms with Gasteiger partial charge in [0.05, 0.1) is 0 Å². The maximum absolute atomic E-state index is 12.0. The second-order valence-corrected chi connectivity index (χ2v) is 5.27. The summed E-state index contributed by atoms with van der Waals surface area (Å²) in [4.78, 5) is 12.0. The minimum atomic E-state index is -0.158. The number of carbonyl (C=O) groups is 1. The molecule has 3 nitrogen and oxygen atoms in total. The molecule has 0 aliphatic heterocycles. The summed E-state index contributed by atoms with van der Waals surface area (Å²) >= 11 is 0. The largest absolute Gasteiger partial charge is 0.350 e. The molecular formula is C14H21ClN2O. The Balaban J connectivity index is 0.00000162. The molecule has 0 heterocycles. The smallest absolute Gasteiger partial charge is 0.251 e. The molecule has 0 atom stereocenters. The van der Waals surface area contributed by atoms with Gasteiger partial charge in [-0.1, -0.05) is 17.2 Å². The Morgan fingerprint density at radius 1 is 1.28 bits per heavy atom. The third kappa shape index (κ3) is 3.47. The lowest BCUT2D eigenvalue weighted by Gasteiger charge is -2.38. The molecule has 0 saturated heterocycles. The number of nitrogens with two attached hydrogens (primary N) is 1. The highest BCUT2D eigenvalue weighted by Crippen LogP contribution is 2.28. The molecule has 1 saturated carbocycles. The Hall–Kier alpha value is -1.06. The minimum Gasteiger partial charge on any atom is -0.350 e. The minimum absolute atomic E-state index is 0. The van der Waals surface area contributed by atoms with Crippen LogP contribution >= 0.6 is 12.4 Å². The fourth-order valence-electron chi connectivity index (χ4n) is 2.27. The monoisotopic (exact) mass is 268 g/mol. The molecule has 1 aromatic carbocycles. The third-order valence-corrected chi connectivity index (χ3v) is 3.43. The first kappa shape index (κ1) is 15.0. The maximum atomic E-state index is 12.0. The van der Waals surface area contributed by atoms with Crippen molar-refractivity contribution in [1.29, 1.82) is 0 Å². The lowest BCUT2D eigenvalue weighted by molar-refractivity contribution is 0.0929. The van der Waals surface area contributed by atoms with Gasteiger partial charge in [0.2, 0.25) is 0 Å². The molecule has 0 bridgehead atoms. The molecule has 0 radical (unpaired) electrons. The lowest BCUT2D eigenvalue weighted by Crippen LogP contribution is -2.54. The summed E-state index contributed by atoms with van der Waals surface area (Å²) in [5.74, 6) is -0.0199. The van der Waals surface area contributed by atoms with E-state index in [1.54, 1.807) is 0 Å². The Labute approximate surface area is 115 Å². The number of amides is 1. The van der Waals surface area contributed by atoms with Crippen LogP contribution in [0.2, 0.25) is 0 Å². The van der Waals surface area contributed by atoms with E-state index in [9.17, 15) is 4.79 Å². The molecule has 4 heteroatoms. The van der Waals surface area contributed by atoms with Gasteiger partial charge in [0.25, 0.3) is 5.91 Å². The van der Waals surface area contributed by atoms with Crippen molar-refractivity contribution in [1.82, 2.24) is 5.32 Å². The Morgan fingerprint density at radius 2 is 1.83 bits per heavy atom. The van der Waals surface area contributed by atoms with Crippen molar-refractivity contribution in [3.63, 3.8) is 0 Å². The molecule has 3 N–H and O–H groups in total. The van der Waals surface area contributed by atoms with Gasteiger partial charge >= 0.3 is 0 Å². The summed E-state index contributed by atoms with van der Waals surface area (Å²) in [5, 5.41) is 2.93. The zero-order valence-corrected chi connectivity index (χ0v) is 11.8. The van der Waals surface area contributed by atoms with Crippen molar-refractivity contribution in [2.75, 3.05) is 6.54 Å². The van der Waals surface area contributed by atoms with E-state index in [0.717, 1.165) is 29.5 Å². The van der Waals surface area contributed by atoms with E-state index in [0.29, 0.717) is 6.54 Å². The van der Waals surface area contributed by atoms with E-state index >= 15 is 0 Å². The van der Waals surface area contributed by atoms with E-state index in [1.807, 2.05) is 26.0 Å². The van der Waals surface area contributed by atoms with Gasteiger partial charge in [0, 0.05) is 17.6 Å². The summed E-state index contributed by atoms with van der Waals surface area (Å²) in [7, 11) is 0. The van der Waals surface area contributed by atoms with Crippen LogP contribution in [0.5, 0.6) is 0 Å². The van der Waals surface area contributed by atoms with E-state index in [2.05, 4.69) is 11.4 Å². The first-order valence-electron chi connectivity index (χ1n) is 6.14. The predicted octanol–water partition coefficient (Wildman–Crippen LogP) is 2.34. The molecule has 1 aliphatic rings. The number of nitrogens with one attached hydrogen (secondary N) is 1. The van der Waals surface area contributed by atoms with E-state index < -0.39 is 0 Å². The molecule has 1 amide bonds. The summed E-state index contributed by atoms with van der Waals surface area (Å²) in [6, 6.07) is 5.88. The van der Waals surface area contributed by atoms with Gasteiger partial charge in [-0.15, -0.1) is 12.4 Å². The van der Waals surface area contributed by atoms with Crippen LogP contribution in [0.1, 0.15) is 40.7 Å². The first-order valence-corrected chi connectivity index (χ1v) is 6.14. The van der Waals surface area contributed by atoms with E-state index in [1.165, 1.54) is 6.42 Å². The summed E-state index contributed by atoms with van der Waals surface area (Å²) in [5.41, 5.74) is 8.87. The molecule has 18 heavy (non-hydrogen) atoms. The molecule has 0 aromatic heterocycles. The second-order valence-electron chi connectivity index (χ2n) is 5.27. The molecular weight excluding hydrogens is 248 g/mol. The van der Waals surface area contributed by atoms with Crippen LogP contribution in [-0.2, 0) is 0 Å².